The lowest BCUT2D eigenvalue weighted by atomic mass is 9.69. The Morgan fingerprint density at radius 1 is 1.42 bits per heavy atom. The summed E-state index contributed by atoms with van der Waals surface area (Å²) in [5, 5.41) is 0. The standard InChI is InChI=1S/C6H9ClF2O2S/c1-5(4-12(7,10)11)2-6(8,9)3-5/h2-4H2,1H3. The quantitative estimate of drug-likeness (QED) is 0.665. The summed E-state index contributed by atoms with van der Waals surface area (Å²) in [7, 11) is 1.30. The van der Waals surface area contributed by atoms with Crippen LogP contribution in [0.4, 0.5) is 8.78 Å². The molecule has 1 saturated carbocycles. The van der Waals surface area contributed by atoms with Crippen molar-refractivity contribution in [1.82, 2.24) is 0 Å². The van der Waals surface area contributed by atoms with Gasteiger partial charge in [-0.1, -0.05) is 6.92 Å². The lowest BCUT2D eigenvalue weighted by Gasteiger charge is -2.43. The van der Waals surface area contributed by atoms with Crippen LogP contribution in [0.5, 0.6) is 0 Å². The van der Waals surface area contributed by atoms with Crippen molar-refractivity contribution in [3.63, 3.8) is 0 Å². The minimum absolute atomic E-state index is 0.364. The molecule has 1 aliphatic carbocycles. The normalized spacial score (nSPS) is 26.3. The molecule has 0 saturated heterocycles. The predicted molar refractivity (Wildman–Crippen MR) is 41.9 cm³/mol. The van der Waals surface area contributed by atoms with Crippen molar-refractivity contribution in [2.75, 3.05) is 5.75 Å². The highest BCUT2D eigenvalue weighted by Crippen LogP contribution is 2.52. The van der Waals surface area contributed by atoms with Gasteiger partial charge in [0, 0.05) is 23.5 Å². The first-order valence-electron chi connectivity index (χ1n) is 3.42. The largest absolute Gasteiger partial charge is 0.249 e. The topological polar surface area (TPSA) is 34.1 Å². The molecular formula is C6H9ClF2O2S. The van der Waals surface area contributed by atoms with E-state index >= 15 is 0 Å². The van der Waals surface area contributed by atoms with Gasteiger partial charge in [-0.2, -0.15) is 0 Å². The molecule has 0 atom stereocenters. The van der Waals surface area contributed by atoms with E-state index in [-0.39, 0.29) is 18.6 Å². The van der Waals surface area contributed by atoms with E-state index in [0.717, 1.165) is 0 Å². The van der Waals surface area contributed by atoms with Gasteiger partial charge in [-0.15, -0.1) is 0 Å². The van der Waals surface area contributed by atoms with Gasteiger partial charge in [0.15, 0.2) is 0 Å². The van der Waals surface area contributed by atoms with E-state index in [1.54, 1.807) is 0 Å². The van der Waals surface area contributed by atoms with E-state index in [0.29, 0.717) is 0 Å². The van der Waals surface area contributed by atoms with Crippen LogP contribution in [-0.2, 0) is 9.05 Å². The Hall–Kier alpha value is 0.1000. The van der Waals surface area contributed by atoms with Crippen molar-refractivity contribution in [1.29, 1.82) is 0 Å². The maximum absolute atomic E-state index is 12.4. The third-order valence-corrected chi connectivity index (χ3v) is 3.26. The molecule has 0 spiro atoms. The van der Waals surface area contributed by atoms with Gasteiger partial charge in [0.05, 0.1) is 5.75 Å². The molecule has 0 radical (unpaired) electrons. The molecule has 72 valence electrons. The van der Waals surface area contributed by atoms with E-state index < -0.39 is 20.4 Å². The first-order chi connectivity index (χ1) is 5.12. The first-order valence-corrected chi connectivity index (χ1v) is 5.90. The molecule has 1 rings (SSSR count). The molecule has 0 aromatic rings. The predicted octanol–water partition coefficient (Wildman–Crippen LogP) is 1.99. The zero-order valence-corrected chi connectivity index (χ0v) is 8.05. The van der Waals surface area contributed by atoms with Crippen LogP contribution in [0.2, 0.25) is 0 Å². The molecule has 2 nitrogen and oxygen atoms in total. The van der Waals surface area contributed by atoms with E-state index in [1.165, 1.54) is 6.92 Å². The van der Waals surface area contributed by atoms with Gasteiger partial charge < -0.3 is 0 Å². The summed E-state index contributed by atoms with van der Waals surface area (Å²) in [6.07, 6.45) is -0.766. The molecule has 12 heavy (non-hydrogen) atoms. The van der Waals surface area contributed by atoms with E-state index in [4.69, 9.17) is 10.7 Å². The molecule has 0 aromatic heterocycles. The van der Waals surface area contributed by atoms with Gasteiger partial charge in [-0.05, 0) is 5.41 Å². The molecular weight excluding hydrogens is 210 g/mol. The fourth-order valence-corrected chi connectivity index (χ4v) is 3.54. The molecule has 0 N–H and O–H groups in total. The van der Waals surface area contributed by atoms with Crippen LogP contribution in [0.3, 0.4) is 0 Å². The van der Waals surface area contributed by atoms with Crippen LogP contribution in [0.15, 0.2) is 0 Å². The van der Waals surface area contributed by atoms with Gasteiger partial charge in [0.1, 0.15) is 0 Å². The molecule has 6 heteroatoms. The summed E-state index contributed by atoms with van der Waals surface area (Å²) < 4.78 is 45.9. The highest BCUT2D eigenvalue weighted by Gasteiger charge is 2.54. The summed E-state index contributed by atoms with van der Waals surface area (Å²) in [5.41, 5.74) is -0.829. The molecule has 0 heterocycles. The maximum atomic E-state index is 12.4. The van der Waals surface area contributed by atoms with Crippen LogP contribution in [-0.4, -0.2) is 20.1 Å². The lowest BCUT2D eigenvalue weighted by molar-refractivity contribution is -0.144. The average molecular weight is 219 g/mol. The number of halogens is 3. The Morgan fingerprint density at radius 3 is 2.08 bits per heavy atom. The lowest BCUT2D eigenvalue weighted by Crippen LogP contribution is -2.47. The zero-order chi connectivity index (χ0) is 9.62. The molecule has 0 aliphatic heterocycles. The maximum Gasteiger partial charge on any atom is 0.249 e. The smallest absolute Gasteiger partial charge is 0.212 e. The molecule has 1 fully saturated rings. The van der Waals surface area contributed by atoms with Gasteiger partial charge in [-0.3, -0.25) is 0 Å². The summed E-state index contributed by atoms with van der Waals surface area (Å²) in [4.78, 5) is 0. The summed E-state index contributed by atoms with van der Waals surface area (Å²) >= 11 is 0. The van der Waals surface area contributed by atoms with Crippen molar-refractivity contribution in [3.8, 4) is 0 Å². The Morgan fingerprint density at radius 2 is 1.83 bits per heavy atom. The number of rotatable bonds is 2. The fourth-order valence-electron chi connectivity index (χ4n) is 1.72. The first kappa shape index (κ1) is 10.2. The highest BCUT2D eigenvalue weighted by molar-refractivity contribution is 8.13. The summed E-state index contributed by atoms with van der Waals surface area (Å²) in [6, 6.07) is 0. The van der Waals surface area contributed by atoms with E-state index in [1.807, 2.05) is 0 Å². The number of alkyl halides is 2. The minimum Gasteiger partial charge on any atom is -0.212 e. The molecule has 0 aromatic carbocycles. The van der Waals surface area contributed by atoms with Gasteiger partial charge in [-0.25, -0.2) is 17.2 Å². The van der Waals surface area contributed by atoms with Crippen molar-refractivity contribution >= 4 is 19.7 Å². The second kappa shape index (κ2) is 2.54. The third kappa shape index (κ3) is 2.55. The molecule has 0 bridgehead atoms. The number of hydrogen-bond donors (Lipinski definition) is 0. The number of hydrogen-bond acceptors (Lipinski definition) is 2. The monoisotopic (exact) mass is 218 g/mol. The van der Waals surface area contributed by atoms with Crippen LogP contribution in [0.1, 0.15) is 19.8 Å². The Balaban J connectivity index is 2.58. The van der Waals surface area contributed by atoms with Crippen LogP contribution in [0.25, 0.3) is 0 Å². The minimum atomic E-state index is -3.65. The van der Waals surface area contributed by atoms with E-state index in [9.17, 15) is 17.2 Å². The Labute approximate surface area is 74.3 Å². The van der Waals surface area contributed by atoms with Crippen LogP contribution < -0.4 is 0 Å². The van der Waals surface area contributed by atoms with Crippen molar-refractivity contribution in [2.24, 2.45) is 5.41 Å². The van der Waals surface area contributed by atoms with Crippen molar-refractivity contribution in [2.45, 2.75) is 25.7 Å². The molecule has 0 amide bonds. The molecule has 1 aliphatic rings. The SMILES string of the molecule is CC1(CS(=O)(=O)Cl)CC(F)(F)C1. The molecule has 0 unspecified atom stereocenters. The highest BCUT2D eigenvalue weighted by atomic mass is 35.7. The average Bonchev–Trinajstić information content (AvgIpc) is 1.48. The van der Waals surface area contributed by atoms with E-state index in [2.05, 4.69) is 0 Å². The Kier molecular flexibility index (Phi) is 2.16. The Bertz CT molecular complexity index is 278. The van der Waals surface area contributed by atoms with Crippen LogP contribution in [0, 0.1) is 5.41 Å². The zero-order valence-electron chi connectivity index (χ0n) is 6.48. The second-order valence-electron chi connectivity index (χ2n) is 3.70. The van der Waals surface area contributed by atoms with Crippen LogP contribution >= 0.6 is 10.7 Å². The van der Waals surface area contributed by atoms with Gasteiger partial charge >= 0.3 is 0 Å². The van der Waals surface area contributed by atoms with Crippen molar-refractivity contribution < 1.29 is 17.2 Å². The summed E-state index contributed by atoms with van der Waals surface area (Å²) in [6.45, 7) is 1.50. The van der Waals surface area contributed by atoms with Gasteiger partial charge in [0.2, 0.25) is 15.0 Å². The third-order valence-electron chi connectivity index (χ3n) is 1.89. The van der Waals surface area contributed by atoms with Gasteiger partial charge in [0.25, 0.3) is 0 Å². The fraction of sp³-hybridized carbons (Fsp3) is 1.00. The summed E-state index contributed by atoms with van der Waals surface area (Å²) in [5.74, 6) is -3.06. The second-order valence-corrected chi connectivity index (χ2v) is 6.48. The van der Waals surface area contributed by atoms with Crippen molar-refractivity contribution in [3.05, 3.63) is 0 Å².